The van der Waals surface area contributed by atoms with E-state index in [-0.39, 0.29) is 5.91 Å². The summed E-state index contributed by atoms with van der Waals surface area (Å²) < 4.78 is 0.680. The number of hydrogen-bond donors (Lipinski definition) is 1. The molecule has 1 rings (SSSR count). The van der Waals surface area contributed by atoms with E-state index >= 15 is 0 Å². The van der Waals surface area contributed by atoms with Gasteiger partial charge in [0.25, 0.3) is 0 Å². The first-order valence-corrected chi connectivity index (χ1v) is 4.27. The van der Waals surface area contributed by atoms with Crippen LogP contribution in [0, 0.1) is 0 Å². The quantitative estimate of drug-likeness (QED) is 0.601. The Morgan fingerprint density at radius 3 is 3.00 bits per heavy atom. The van der Waals surface area contributed by atoms with Crippen molar-refractivity contribution in [3.8, 4) is 0 Å². The van der Waals surface area contributed by atoms with Gasteiger partial charge in [-0.1, -0.05) is 24.0 Å². The summed E-state index contributed by atoms with van der Waals surface area (Å²) in [7, 11) is 1.79. The summed E-state index contributed by atoms with van der Waals surface area (Å²) in [6.45, 7) is 0.532. The summed E-state index contributed by atoms with van der Waals surface area (Å²) >= 11 is 6.33. The van der Waals surface area contributed by atoms with Gasteiger partial charge in [-0.15, -0.1) is 0 Å². The monoisotopic (exact) mass is 176 g/mol. The van der Waals surface area contributed by atoms with Crippen molar-refractivity contribution in [1.82, 2.24) is 10.2 Å². The third-order valence-electron chi connectivity index (χ3n) is 1.16. The zero-order chi connectivity index (χ0) is 7.56. The topological polar surface area (TPSA) is 32.3 Å². The van der Waals surface area contributed by atoms with Gasteiger partial charge < -0.3 is 5.32 Å². The van der Waals surface area contributed by atoms with Crippen LogP contribution < -0.4 is 5.32 Å². The van der Waals surface area contributed by atoms with Gasteiger partial charge in [-0.3, -0.25) is 9.69 Å². The lowest BCUT2D eigenvalue weighted by atomic mass is 10.6. The molecule has 3 nitrogen and oxygen atoms in total. The maximum atomic E-state index is 11.0. The molecule has 1 amide bonds. The normalized spacial score (nSPS) is 18.7. The molecule has 0 bridgehead atoms. The van der Waals surface area contributed by atoms with Crippen molar-refractivity contribution in [2.75, 3.05) is 19.5 Å². The molecule has 1 fully saturated rings. The molecule has 56 valence electrons. The average Bonchev–Trinajstić information content (AvgIpc) is 2.20. The second kappa shape index (κ2) is 3.32. The second-order valence-electron chi connectivity index (χ2n) is 1.89. The highest BCUT2D eigenvalue weighted by molar-refractivity contribution is 8.23. The van der Waals surface area contributed by atoms with Gasteiger partial charge in [0.2, 0.25) is 5.91 Å². The number of amides is 1. The molecule has 0 aliphatic carbocycles. The molecule has 1 saturated heterocycles. The molecule has 1 N–H and O–H groups in total. The van der Waals surface area contributed by atoms with E-state index in [2.05, 4.69) is 5.32 Å². The zero-order valence-electron chi connectivity index (χ0n) is 5.59. The van der Waals surface area contributed by atoms with Crippen LogP contribution in [0.25, 0.3) is 0 Å². The molecule has 0 radical (unpaired) electrons. The molecule has 0 aromatic heterocycles. The van der Waals surface area contributed by atoms with E-state index in [1.54, 1.807) is 11.9 Å². The van der Waals surface area contributed by atoms with Gasteiger partial charge in [0.05, 0.1) is 12.4 Å². The molecule has 0 spiro atoms. The Hall–Kier alpha value is -0.130. The molecule has 0 atom stereocenters. The van der Waals surface area contributed by atoms with Gasteiger partial charge in [-0.2, -0.15) is 0 Å². The number of hydrogen-bond acceptors (Lipinski definition) is 4. The molecule has 0 aromatic rings. The highest BCUT2D eigenvalue weighted by atomic mass is 32.2. The Balaban J connectivity index is 2.54. The van der Waals surface area contributed by atoms with E-state index in [0.29, 0.717) is 16.7 Å². The van der Waals surface area contributed by atoms with Crippen molar-refractivity contribution in [3.05, 3.63) is 0 Å². The van der Waals surface area contributed by atoms with Crippen molar-refractivity contribution >= 4 is 34.2 Å². The highest BCUT2D eigenvalue weighted by Crippen LogP contribution is 2.17. The number of nitrogens with one attached hydrogen (secondary N) is 1. The number of nitrogens with zero attached hydrogens (tertiary/aromatic N) is 1. The third-order valence-corrected chi connectivity index (χ3v) is 2.59. The first-order valence-electron chi connectivity index (χ1n) is 2.87. The maximum absolute atomic E-state index is 11.0. The van der Waals surface area contributed by atoms with Crippen LogP contribution in [-0.2, 0) is 4.79 Å². The number of thioether (sulfide) groups is 1. The summed E-state index contributed by atoms with van der Waals surface area (Å²) in [5.74, 6) is 0.602. The number of rotatable bonds is 2. The smallest absolute Gasteiger partial charge is 0.239 e. The van der Waals surface area contributed by atoms with Crippen LogP contribution in [0.3, 0.4) is 0 Å². The largest absolute Gasteiger partial charge is 0.303 e. The highest BCUT2D eigenvalue weighted by Gasteiger charge is 2.25. The fourth-order valence-electron chi connectivity index (χ4n) is 0.692. The molecule has 0 unspecified atom stereocenters. The van der Waals surface area contributed by atoms with Crippen molar-refractivity contribution in [2.45, 2.75) is 0 Å². The number of carbonyl (C=O) groups is 1. The lowest BCUT2D eigenvalue weighted by molar-refractivity contribution is -0.124. The molecular weight excluding hydrogens is 168 g/mol. The van der Waals surface area contributed by atoms with Gasteiger partial charge in [0.15, 0.2) is 0 Å². The van der Waals surface area contributed by atoms with E-state index in [1.165, 1.54) is 11.8 Å². The fourth-order valence-corrected chi connectivity index (χ4v) is 1.76. The Kier molecular flexibility index (Phi) is 2.64. The standard InChI is InChI=1S/C5H8N2OS2/c1-6-3-7-4(8)2-10-5(7)9/h6H,2-3H2,1H3. The van der Waals surface area contributed by atoms with Gasteiger partial charge in [0, 0.05) is 0 Å². The van der Waals surface area contributed by atoms with Crippen molar-refractivity contribution in [3.63, 3.8) is 0 Å². The summed E-state index contributed by atoms with van der Waals surface area (Å²) in [6.07, 6.45) is 0. The first kappa shape index (κ1) is 7.97. The second-order valence-corrected chi connectivity index (χ2v) is 3.50. The van der Waals surface area contributed by atoms with Crippen LogP contribution in [0.2, 0.25) is 0 Å². The minimum Gasteiger partial charge on any atom is -0.303 e. The Labute approximate surface area is 69.1 Å². The summed E-state index contributed by atoms with van der Waals surface area (Å²) in [5, 5.41) is 2.87. The predicted octanol–water partition coefficient (Wildman–Crippen LogP) is 0.0236. The van der Waals surface area contributed by atoms with Gasteiger partial charge in [-0.25, -0.2) is 0 Å². The Morgan fingerprint density at radius 2 is 2.60 bits per heavy atom. The average molecular weight is 176 g/mol. The summed E-state index contributed by atoms with van der Waals surface area (Å²) in [4.78, 5) is 12.5. The van der Waals surface area contributed by atoms with Crippen LogP contribution in [0.15, 0.2) is 0 Å². The third kappa shape index (κ3) is 1.47. The molecule has 1 aliphatic heterocycles. The first-order chi connectivity index (χ1) is 4.75. The summed E-state index contributed by atoms with van der Waals surface area (Å²) in [6, 6.07) is 0. The van der Waals surface area contributed by atoms with Crippen molar-refractivity contribution < 1.29 is 4.79 Å². The number of thiocarbonyl (C=S) groups is 1. The lowest BCUT2D eigenvalue weighted by Gasteiger charge is -2.12. The van der Waals surface area contributed by atoms with E-state index in [1.807, 2.05) is 0 Å². The molecule has 1 aliphatic rings. The van der Waals surface area contributed by atoms with E-state index in [9.17, 15) is 4.79 Å². The predicted molar refractivity (Wildman–Crippen MR) is 45.8 cm³/mol. The summed E-state index contributed by atoms with van der Waals surface area (Å²) in [5.41, 5.74) is 0. The van der Waals surface area contributed by atoms with Crippen LogP contribution in [0.1, 0.15) is 0 Å². The Bertz CT molecular complexity index is 155. The van der Waals surface area contributed by atoms with Crippen LogP contribution in [0.4, 0.5) is 0 Å². The molecular formula is C5H8N2OS2. The van der Waals surface area contributed by atoms with E-state index in [4.69, 9.17) is 12.2 Å². The maximum Gasteiger partial charge on any atom is 0.239 e. The van der Waals surface area contributed by atoms with E-state index in [0.717, 1.165) is 0 Å². The van der Waals surface area contributed by atoms with Crippen molar-refractivity contribution in [2.24, 2.45) is 0 Å². The van der Waals surface area contributed by atoms with Crippen LogP contribution >= 0.6 is 24.0 Å². The Morgan fingerprint density at radius 1 is 1.90 bits per heavy atom. The molecule has 0 aromatic carbocycles. The minimum absolute atomic E-state index is 0.101. The van der Waals surface area contributed by atoms with Gasteiger partial charge in [-0.05, 0) is 7.05 Å². The van der Waals surface area contributed by atoms with Crippen LogP contribution in [0.5, 0.6) is 0 Å². The fraction of sp³-hybridized carbons (Fsp3) is 0.600. The molecule has 1 heterocycles. The molecule has 10 heavy (non-hydrogen) atoms. The van der Waals surface area contributed by atoms with Gasteiger partial charge in [0.1, 0.15) is 4.32 Å². The van der Waals surface area contributed by atoms with Crippen molar-refractivity contribution in [1.29, 1.82) is 0 Å². The zero-order valence-corrected chi connectivity index (χ0v) is 7.22. The number of carbonyl (C=O) groups excluding carboxylic acids is 1. The van der Waals surface area contributed by atoms with E-state index < -0.39 is 0 Å². The van der Waals surface area contributed by atoms with Gasteiger partial charge >= 0.3 is 0 Å². The van der Waals surface area contributed by atoms with Crippen LogP contribution in [-0.4, -0.2) is 34.6 Å². The molecule has 5 heteroatoms. The SMILES string of the molecule is CNCN1C(=O)CSC1=S. The lowest BCUT2D eigenvalue weighted by Crippen LogP contribution is -2.35. The molecule has 0 saturated carbocycles. The minimum atomic E-state index is 0.101.